The number of furan rings is 1. The second-order valence-electron chi connectivity index (χ2n) is 19.5. The van der Waals surface area contributed by atoms with Gasteiger partial charge in [-0.05, 0) is 138 Å². The zero-order valence-electron chi connectivity index (χ0n) is 36.1. The highest BCUT2D eigenvalue weighted by atomic mass is 16.3. The fourth-order valence-electron chi connectivity index (χ4n) is 10.2. The van der Waals surface area contributed by atoms with Crippen LogP contribution in [-0.4, -0.2) is 6.71 Å². The number of hydrogen-bond acceptors (Lipinski definition) is 3. The van der Waals surface area contributed by atoms with Gasteiger partial charge in [0.25, 0.3) is 6.71 Å². The molecule has 12 rings (SSSR count). The van der Waals surface area contributed by atoms with Crippen molar-refractivity contribution in [3.05, 3.63) is 187 Å². The van der Waals surface area contributed by atoms with Gasteiger partial charge in [0.15, 0.2) is 0 Å². The maximum Gasteiger partial charge on any atom is 0.252 e. The van der Waals surface area contributed by atoms with Crippen LogP contribution < -0.4 is 26.2 Å². The van der Waals surface area contributed by atoms with Crippen LogP contribution in [0.25, 0.3) is 54.6 Å². The van der Waals surface area contributed by atoms with Crippen LogP contribution in [-0.2, 0) is 10.8 Å². The molecule has 62 heavy (non-hydrogen) atoms. The van der Waals surface area contributed by atoms with Crippen LogP contribution in [0.15, 0.2) is 180 Å². The van der Waals surface area contributed by atoms with Crippen molar-refractivity contribution in [2.45, 2.75) is 52.4 Å². The molecule has 0 aliphatic carbocycles. The Morgan fingerprint density at radius 1 is 0.387 bits per heavy atom. The van der Waals surface area contributed by atoms with Crippen molar-refractivity contribution in [1.29, 1.82) is 0 Å². The Kier molecular flexibility index (Phi) is 7.85. The standard InChI is InChI=1S/C58H47BN2O/c1-57(2,3)42-20-24-44(25-21-42)60-50-31-38-15-9-7-13-36(38)29-48(50)59-49-30-37-14-8-10-16-39(37)32-51(49)61(45-26-22-43(23-27-45)58(4,5)6)53-34-41(33-52(60)56(53)59)40-19-28-47-46-17-11-12-18-54(46)62-55(47)35-40/h7-35H,1-6H3. The van der Waals surface area contributed by atoms with Crippen molar-refractivity contribution in [3.63, 3.8) is 0 Å². The summed E-state index contributed by atoms with van der Waals surface area (Å²) >= 11 is 0. The monoisotopic (exact) mass is 798 g/mol. The quantitative estimate of drug-likeness (QED) is 0.166. The van der Waals surface area contributed by atoms with Crippen LogP contribution >= 0.6 is 0 Å². The normalized spacial score (nSPS) is 13.5. The largest absolute Gasteiger partial charge is 0.456 e. The van der Waals surface area contributed by atoms with Gasteiger partial charge in [-0.25, -0.2) is 0 Å². The number of rotatable bonds is 3. The van der Waals surface area contributed by atoms with Gasteiger partial charge in [-0.3, -0.25) is 0 Å². The minimum Gasteiger partial charge on any atom is -0.456 e. The van der Waals surface area contributed by atoms with Gasteiger partial charge in [-0.2, -0.15) is 0 Å². The Morgan fingerprint density at radius 2 is 0.839 bits per heavy atom. The first kappa shape index (κ1) is 36.8. The molecule has 2 aliphatic heterocycles. The molecule has 0 bridgehead atoms. The lowest BCUT2D eigenvalue weighted by atomic mass is 9.33. The van der Waals surface area contributed by atoms with Gasteiger partial charge in [-0.15, -0.1) is 0 Å². The molecule has 1 aromatic heterocycles. The molecule has 298 valence electrons. The van der Waals surface area contributed by atoms with Crippen molar-refractivity contribution < 1.29 is 4.42 Å². The van der Waals surface area contributed by atoms with E-state index in [0.717, 1.165) is 44.4 Å². The van der Waals surface area contributed by atoms with E-state index in [4.69, 9.17) is 4.42 Å². The van der Waals surface area contributed by atoms with Gasteiger partial charge in [0.1, 0.15) is 11.2 Å². The number of nitrogens with zero attached hydrogens (tertiary/aromatic N) is 2. The lowest BCUT2D eigenvalue weighted by molar-refractivity contribution is 0.590. The molecular formula is C58H47BN2O. The minimum absolute atomic E-state index is 0.0127. The predicted molar refractivity (Wildman–Crippen MR) is 266 cm³/mol. The average molecular weight is 799 g/mol. The second-order valence-corrected chi connectivity index (χ2v) is 19.5. The summed E-state index contributed by atoms with van der Waals surface area (Å²) in [5.41, 5.74) is 17.8. The van der Waals surface area contributed by atoms with E-state index >= 15 is 0 Å². The van der Waals surface area contributed by atoms with E-state index in [1.165, 1.54) is 71.8 Å². The van der Waals surface area contributed by atoms with Crippen molar-refractivity contribution in [1.82, 2.24) is 0 Å². The number of benzene rings is 9. The highest BCUT2D eigenvalue weighted by Crippen LogP contribution is 2.48. The lowest BCUT2D eigenvalue weighted by Crippen LogP contribution is -2.61. The zero-order valence-corrected chi connectivity index (χ0v) is 36.1. The van der Waals surface area contributed by atoms with Gasteiger partial charge < -0.3 is 14.2 Å². The maximum atomic E-state index is 6.52. The summed E-state index contributed by atoms with van der Waals surface area (Å²) in [6, 6.07) is 66.0. The van der Waals surface area contributed by atoms with Gasteiger partial charge in [0, 0.05) is 44.9 Å². The van der Waals surface area contributed by atoms with Crippen molar-refractivity contribution in [2.75, 3.05) is 9.80 Å². The van der Waals surface area contributed by atoms with Gasteiger partial charge >= 0.3 is 0 Å². The first-order chi connectivity index (χ1) is 30.0. The van der Waals surface area contributed by atoms with E-state index < -0.39 is 0 Å². The van der Waals surface area contributed by atoms with Crippen LogP contribution in [0.1, 0.15) is 52.7 Å². The van der Waals surface area contributed by atoms with Gasteiger partial charge in [-0.1, -0.05) is 151 Å². The van der Waals surface area contributed by atoms with Crippen molar-refractivity contribution >= 4 is 101 Å². The molecule has 0 saturated heterocycles. The Bertz CT molecular complexity index is 3270. The topological polar surface area (TPSA) is 19.6 Å². The molecule has 0 spiro atoms. The Balaban J connectivity index is 1.20. The summed E-state index contributed by atoms with van der Waals surface area (Å²) in [6.07, 6.45) is 0. The average Bonchev–Trinajstić information content (AvgIpc) is 3.65. The Morgan fingerprint density at radius 3 is 1.34 bits per heavy atom. The van der Waals surface area contributed by atoms with E-state index in [-0.39, 0.29) is 17.5 Å². The van der Waals surface area contributed by atoms with E-state index in [1.807, 2.05) is 6.07 Å². The van der Waals surface area contributed by atoms with Crippen LogP contribution in [0.3, 0.4) is 0 Å². The molecular weight excluding hydrogens is 751 g/mol. The highest BCUT2D eigenvalue weighted by molar-refractivity contribution is 7.00. The molecule has 0 amide bonds. The summed E-state index contributed by atoms with van der Waals surface area (Å²) in [6.45, 7) is 13.7. The fraction of sp³-hybridized carbons (Fsp3) is 0.138. The third kappa shape index (κ3) is 5.66. The third-order valence-corrected chi connectivity index (χ3v) is 13.5. The molecule has 0 unspecified atom stereocenters. The first-order valence-corrected chi connectivity index (χ1v) is 21.9. The summed E-state index contributed by atoms with van der Waals surface area (Å²) in [4.78, 5) is 5.08. The second kappa shape index (κ2) is 13.2. The van der Waals surface area contributed by atoms with Crippen LogP contribution in [0.5, 0.6) is 0 Å². The summed E-state index contributed by atoms with van der Waals surface area (Å²) < 4.78 is 6.52. The summed E-state index contributed by atoms with van der Waals surface area (Å²) in [7, 11) is 0. The van der Waals surface area contributed by atoms with E-state index in [0.29, 0.717) is 0 Å². The highest BCUT2D eigenvalue weighted by Gasteiger charge is 2.44. The van der Waals surface area contributed by atoms with Crippen molar-refractivity contribution in [2.24, 2.45) is 0 Å². The zero-order chi connectivity index (χ0) is 42.1. The number of anilines is 6. The van der Waals surface area contributed by atoms with Crippen LogP contribution in [0.4, 0.5) is 34.1 Å². The van der Waals surface area contributed by atoms with E-state index in [9.17, 15) is 0 Å². The SMILES string of the molecule is CC(C)(C)c1ccc(N2c3cc4ccccc4cc3B3c4cc5ccccc5cc4N(c4ccc(C(C)(C)C)cc4)c4cc(-c5ccc6c(c5)oc5ccccc56)cc2c43)cc1. The molecule has 10 aromatic rings. The van der Waals surface area contributed by atoms with Gasteiger partial charge in [0.05, 0.1) is 0 Å². The molecule has 0 atom stereocenters. The van der Waals surface area contributed by atoms with Crippen molar-refractivity contribution in [3.8, 4) is 11.1 Å². The summed E-state index contributed by atoms with van der Waals surface area (Å²) in [5, 5.41) is 7.22. The molecule has 0 fully saturated rings. The van der Waals surface area contributed by atoms with E-state index in [1.54, 1.807) is 0 Å². The molecule has 0 N–H and O–H groups in total. The number of hydrogen-bond donors (Lipinski definition) is 0. The number of fused-ring (bicyclic) bond motifs is 9. The van der Waals surface area contributed by atoms with Crippen LogP contribution in [0, 0.1) is 0 Å². The molecule has 3 nitrogen and oxygen atoms in total. The molecule has 9 aromatic carbocycles. The fourth-order valence-corrected chi connectivity index (χ4v) is 10.2. The molecule has 0 radical (unpaired) electrons. The lowest BCUT2D eigenvalue weighted by Gasteiger charge is -2.45. The minimum atomic E-state index is -0.0127. The summed E-state index contributed by atoms with van der Waals surface area (Å²) in [5.74, 6) is 0. The van der Waals surface area contributed by atoms with E-state index in [2.05, 4.69) is 221 Å². The third-order valence-electron chi connectivity index (χ3n) is 13.5. The van der Waals surface area contributed by atoms with Crippen LogP contribution in [0.2, 0.25) is 0 Å². The number of para-hydroxylation sites is 1. The smallest absolute Gasteiger partial charge is 0.252 e. The molecule has 2 aliphatic rings. The molecule has 0 saturated carbocycles. The Labute approximate surface area is 363 Å². The van der Waals surface area contributed by atoms with Gasteiger partial charge in [0.2, 0.25) is 0 Å². The molecule has 4 heteroatoms. The first-order valence-electron chi connectivity index (χ1n) is 21.9. The Hall–Kier alpha value is -7.04. The maximum absolute atomic E-state index is 6.52. The molecule has 3 heterocycles. The predicted octanol–water partition coefficient (Wildman–Crippen LogP) is 14.2.